The minimum Gasteiger partial charge on any atom is -0.379 e. The number of ether oxygens (including phenoxy) is 1. The molecule has 2 rings (SSSR count). The molecule has 152 valence electrons. The van der Waals surface area contributed by atoms with Crippen LogP contribution < -0.4 is 5.73 Å². The van der Waals surface area contributed by atoms with E-state index in [4.69, 9.17) is 10.5 Å². The van der Waals surface area contributed by atoms with Gasteiger partial charge in [0.25, 0.3) is 0 Å². The molecule has 1 aliphatic rings. The number of amides is 1. The van der Waals surface area contributed by atoms with Gasteiger partial charge in [-0.15, -0.1) is 0 Å². The lowest BCUT2D eigenvalue weighted by Gasteiger charge is -2.26. The van der Waals surface area contributed by atoms with E-state index in [1.54, 1.807) is 0 Å². The second kappa shape index (κ2) is 9.11. The van der Waals surface area contributed by atoms with Crippen LogP contribution in [0.5, 0.6) is 0 Å². The van der Waals surface area contributed by atoms with Gasteiger partial charge in [-0.05, 0) is 30.7 Å². The molecule has 1 aromatic carbocycles. The van der Waals surface area contributed by atoms with Gasteiger partial charge in [-0.1, -0.05) is 13.3 Å². The number of hydrogen-bond donors (Lipinski definition) is 1. The molecule has 0 saturated carbocycles. The molecular weight excluding hydrogens is 394 g/mol. The van der Waals surface area contributed by atoms with Gasteiger partial charge in [-0.3, -0.25) is 4.79 Å². The van der Waals surface area contributed by atoms with E-state index >= 15 is 0 Å². The predicted octanol–water partition coefficient (Wildman–Crippen LogP) is -0.0164. The van der Waals surface area contributed by atoms with Crippen LogP contribution in [-0.2, 0) is 29.6 Å². The number of benzene rings is 1. The zero-order chi connectivity index (χ0) is 20.1. The fraction of sp³-hybridized carbons (Fsp3) is 0.562. The van der Waals surface area contributed by atoms with Crippen LogP contribution in [-0.4, -0.2) is 70.7 Å². The van der Waals surface area contributed by atoms with E-state index < -0.39 is 32.5 Å². The lowest BCUT2D eigenvalue weighted by atomic mass is 10.3. The molecule has 0 radical (unpaired) electrons. The number of unbranched alkanes of at least 4 members (excludes halogenated alkanes) is 1. The highest BCUT2D eigenvalue weighted by molar-refractivity contribution is 7.89. The maximum Gasteiger partial charge on any atom is 0.243 e. The molecule has 0 aromatic heterocycles. The van der Waals surface area contributed by atoms with Gasteiger partial charge in [0.2, 0.25) is 26.0 Å². The van der Waals surface area contributed by atoms with Crippen LogP contribution in [0.25, 0.3) is 0 Å². The third-order valence-corrected chi connectivity index (χ3v) is 7.93. The number of carbonyl (C=O) groups excluding carboxylic acids is 1. The summed E-state index contributed by atoms with van der Waals surface area (Å²) in [6, 6.07) is 5.01. The van der Waals surface area contributed by atoms with Gasteiger partial charge in [0.15, 0.2) is 0 Å². The second-order valence-corrected chi connectivity index (χ2v) is 10.0. The molecule has 1 aromatic rings. The topological polar surface area (TPSA) is 127 Å². The fourth-order valence-electron chi connectivity index (χ4n) is 2.66. The molecule has 0 unspecified atom stereocenters. The van der Waals surface area contributed by atoms with Gasteiger partial charge < -0.3 is 10.5 Å². The number of primary amides is 1. The van der Waals surface area contributed by atoms with Crippen LogP contribution in [0.3, 0.4) is 0 Å². The Morgan fingerprint density at radius 3 is 2.19 bits per heavy atom. The molecular formula is C16H25N3O6S2. The van der Waals surface area contributed by atoms with Crippen molar-refractivity contribution >= 4 is 26.0 Å². The fourth-order valence-corrected chi connectivity index (χ4v) is 5.51. The summed E-state index contributed by atoms with van der Waals surface area (Å²) in [5, 5.41) is 0. The summed E-state index contributed by atoms with van der Waals surface area (Å²) in [6.45, 7) is 2.81. The third kappa shape index (κ3) is 5.26. The predicted molar refractivity (Wildman–Crippen MR) is 98.9 cm³/mol. The van der Waals surface area contributed by atoms with E-state index in [-0.39, 0.29) is 29.4 Å². The lowest BCUT2D eigenvalue weighted by molar-refractivity contribution is -0.118. The van der Waals surface area contributed by atoms with Crippen molar-refractivity contribution in [3.63, 3.8) is 0 Å². The molecule has 1 amide bonds. The van der Waals surface area contributed by atoms with Gasteiger partial charge in [0.1, 0.15) is 0 Å². The Balaban J connectivity index is 2.27. The number of rotatable bonds is 9. The summed E-state index contributed by atoms with van der Waals surface area (Å²) in [5.74, 6) is -0.749. The van der Waals surface area contributed by atoms with E-state index in [2.05, 4.69) is 0 Å². The minimum atomic E-state index is -3.95. The Kier molecular flexibility index (Phi) is 7.34. The highest BCUT2D eigenvalue weighted by Crippen LogP contribution is 2.22. The highest BCUT2D eigenvalue weighted by atomic mass is 32.2. The third-order valence-electron chi connectivity index (χ3n) is 4.16. The van der Waals surface area contributed by atoms with Gasteiger partial charge >= 0.3 is 0 Å². The van der Waals surface area contributed by atoms with E-state index in [0.29, 0.717) is 19.6 Å². The Morgan fingerprint density at radius 1 is 1.11 bits per heavy atom. The Hall–Kier alpha value is -1.53. The molecule has 1 saturated heterocycles. The molecule has 1 fully saturated rings. The minimum absolute atomic E-state index is 0.0124. The first-order valence-electron chi connectivity index (χ1n) is 8.66. The first kappa shape index (κ1) is 21.8. The lowest BCUT2D eigenvalue weighted by Crippen LogP contribution is -2.40. The average Bonchev–Trinajstić information content (AvgIpc) is 2.65. The maximum atomic E-state index is 12.8. The summed E-state index contributed by atoms with van der Waals surface area (Å²) in [6.07, 6.45) is 1.33. The van der Waals surface area contributed by atoms with Crippen molar-refractivity contribution in [3.05, 3.63) is 24.3 Å². The summed E-state index contributed by atoms with van der Waals surface area (Å²) >= 11 is 0. The quantitative estimate of drug-likeness (QED) is 0.599. The molecule has 27 heavy (non-hydrogen) atoms. The van der Waals surface area contributed by atoms with Crippen LogP contribution in [0.2, 0.25) is 0 Å². The Bertz CT molecular complexity index is 847. The molecule has 11 heteroatoms. The van der Waals surface area contributed by atoms with Crippen molar-refractivity contribution in [1.82, 2.24) is 8.61 Å². The van der Waals surface area contributed by atoms with Crippen molar-refractivity contribution in [2.45, 2.75) is 29.6 Å². The normalized spacial score (nSPS) is 16.5. The Morgan fingerprint density at radius 2 is 1.67 bits per heavy atom. The number of nitrogens with zero attached hydrogens (tertiary/aromatic N) is 2. The summed E-state index contributed by atoms with van der Waals surface area (Å²) in [7, 11) is -7.66. The van der Waals surface area contributed by atoms with E-state index in [1.807, 2.05) is 6.92 Å². The van der Waals surface area contributed by atoms with E-state index in [0.717, 1.165) is 10.7 Å². The number of morpholine rings is 1. The van der Waals surface area contributed by atoms with Crippen molar-refractivity contribution in [2.75, 3.05) is 39.4 Å². The average molecular weight is 420 g/mol. The largest absolute Gasteiger partial charge is 0.379 e. The molecule has 0 atom stereocenters. The van der Waals surface area contributed by atoms with Crippen LogP contribution in [0.4, 0.5) is 0 Å². The van der Waals surface area contributed by atoms with Crippen LogP contribution in [0.15, 0.2) is 34.1 Å². The summed E-state index contributed by atoms with van der Waals surface area (Å²) in [5.41, 5.74) is 5.16. The van der Waals surface area contributed by atoms with E-state index in [1.165, 1.54) is 28.6 Å². The summed E-state index contributed by atoms with van der Waals surface area (Å²) < 4.78 is 58.3. The summed E-state index contributed by atoms with van der Waals surface area (Å²) in [4.78, 5) is 11.2. The van der Waals surface area contributed by atoms with Crippen molar-refractivity contribution in [1.29, 1.82) is 0 Å². The molecule has 1 aliphatic heterocycles. The zero-order valence-corrected chi connectivity index (χ0v) is 16.8. The smallest absolute Gasteiger partial charge is 0.243 e. The first-order valence-corrected chi connectivity index (χ1v) is 11.5. The Labute approximate surface area is 160 Å². The monoisotopic (exact) mass is 419 g/mol. The second-order valence-electron chi connectivity index (χ2n) is 6.15. The highest BCUT2D eigenvalue weighted by Gasteiger charge is 2.29. The SMILES string of the molecule is CCCCN(CC(N)=O)S(=O)(=O)c1ccc(S(=O)(=O)N2CCOCC2)cc1. The number of carbonyl (C=O) groups is 1. The standard InChI is InChI=1S/C16H25N3O6S2/c1-2-3-8-19(13-16(17)20)27(23,24)15-6-4-14(5-7-15)26(21,22)18-9-11-25-12-10-18/h4-7H,2-3,8-13H2,1H3,(H2,17,20). The van der Waals surface area contributed by atoms with Crippen LogP contribution in [0.1, 0.15) is 19.8 Å². The molecule has 1 heterocycles. The first-order chi connectivity index (χ1) is 12.7. The molecule has 0 bridgehead atoms. The van der Waals surface area contributed by atoms with Gasteiger partial charge in [0, 0.05) is 19.6 Å². The molecule has 0 aliphatic carbocycles. The molecule has 2 N–H and O–H groups in total. The number of sulfonamides is 2. The molecule has 0 spiro atoms. The van der Waals surface area contributed by atoms with Gasteiger partial charge in [-0.2, -0.15) is 8.61 Å². The zero-order valence-electron chi connectivity index (χ0n) is 15.2. The van der Waals surface area contributed by atoms with Crippen molar-refractivity contribution in [2.24, 2.45) is 5.73 Å². The van der Waals surface area contributed by atoms with Gasteiger partial charge in [-0.25, -0.2) is 16.8 Å². The van der Waals surface area contributed by atoms with Gasteiger partial charge in [0.05, 0.1) is 29.5 Å². The van der Waals surface area contributed by atoms with Crippen molar-refractivity contribution < 1.29 is 26.4 Å². The number of hydrogen-bond acceptors (Lipinski definition) is 6. The van der Waals surface area contributed by atoms with Crippen molar-refractivity contribution in [3.8, 4) is 0 Å². The molecule has 9 nitrogen and oxygen atoms in total. The van der Waals surface area contributed by atoms with Crippen LogP contribution in [0, 0.1) is 0 Å². The maximum absolute atomic E-state index is 12.8. The van der Waals surface area contributed by atoms with E-state index in [9.17, 15) is 21.6 Å². The van der Waals surface area contributed by atoms with Crippen LogP contribution >= 0.6 is 0 Å². The number of nitrogens with two attached hydrogens (primary N) is 1.